The van der Waals surface area contributed by atoms with Crippen molar-refractivity contribution in [2.75, 3.05) is 7.11 Å². The number of nitrogens with zero attached hydrogens (tertiary/aromatic N) is 1. The van der Waals surface area contributed by atoms with Gasteiger partial charge in [0.15, 0.2) is 5.75 Å². The van der Waals surface area contributed by atoms with Crippen LogP contribution in [0.5, 0.6) is 5.75 Å². The van der Waals surface area contributed by atoms with Crippen molar-refractivity contribution in [3.8, 4) is 5.75 Å². The lowest BCUT2D eigenvalue weighted by Crippen LogP contribution is -2.45. The van der Waals surface area contributed by atoms with E-state index in [1.54, 1.807) is 6.92 Å². The number of hydrogen-bond donors (Lipinski definition) is 2. The molecule has 8 nitrogen and oxygen atoms in total. The van der Waals surface area contributed by atoms with E-state index >= 15 is 0 Å². The Kier molecular flexibility index (Phi) is 5.85. The number of nitro groups is 1. The molecule has 0 unspecified atom stereocenters. The summed E-state index contributed by atoms with van der Waals surface area (Å²) in [6.07, 6.45) is 0.569. The number of methoxy groups -OCH3 is 1. The van der Waals surface area contributed by atoms with E-state index < -0.39 is 22.8 Å². The molecule has 0 aliphatic heterocycles. The minimum atomic E-state index is -1.15. The lowest BCUT2D eigenvalue weighted by Gasteiger charge is -2.20. The molecule has 1 amide bonds. The smallest absolute Gasteiger partial charge is 0.326 e. The average Bonchev–Trinajstić information content (AvgIpc) is 2.50. The molecule has 0 fully saturated rings. The molecule has 8 heteroatoms. The highest BCUT2D eigenvalue weighted by molar-refractivity contribution is 5.97. The van der Waals surface area contributed by atoms with Gasteiger partial charge in [-0.3, -0.25) is 14.9 Å². The molecule has 0 radical (unpaired) electrons. The van der Waals surface area contributed by atoms with Gasteiger partial charge in [0.25, 0.3) is 5.91 Å². The standard InChI is InChI=1S/C14H18N2O6/c1-4-8(2)12(14(18)19)15-13(17)9-5-6-11(22-3)10(7-9)16(20)21/h5-8,12H,4H2,1-3H3,(H,15,17)(H,18,19)/t8-,12-/m0/s1. The summed E-state index contributed by atoms with van der Waals surface area (Å²) in [5.41, 5.74) is -0.354. The van der Waals surface area contributed by atoms with Crippen LogP contribution in [-0.4, -0.2) is 35.1 Å². The van der Waals surface area contributed by atoms with Gasteiger partial charge in [-0.15, -0.1) is 0 Å². The van der Waals surface area contributed by atoms with E-state index in [0.717, 1.165) is 6.07 Å². The van der Waals surface area contributed by atoms with Gasteiger partial charge in [0.05, 0.1) is 12.0 Å². The van der Waals surface area contributed by atoms with Crippen molar-refractivity contribution in [1.29, 1.82) is 0 Å². The van der Waals surface area contributed by atoms with Gasteiger partial charge in [-0.2, -0.15) is 0 Å². The molecule has 1 rings (SSSR count). The highest BCUT2D eigenvalue weighted by Crippen LogP contribution is 2.27. The zero-order valence-corrected chi connectivity index (χ0v) is 12.5. The molecule has 1 aromatic rings. The van der Waals surface area contributed by atoms with E-state index in [9.17, 15) is 19.7 Å². The van der Waals surface area contributed by atoms with Crippen LogP contribution in [0, 0.1) is 16.0 Å². The van der Waals surface area contributed by atoms with Crippen LogP contribution in [0.25, 0.3) is 0 Å². The predicted octanol–water partition coefficient (Wildman–Crippen LogP) is 1.83. The fourth-order valence-electron chi connectivity index (χ4n) is 1.88. The molecule has 0 aliphatic carbocycles. The second-order valence-electron chi connectivity index (χ2n) is 4.82. The molecule has 2 N–H and O–H groups in total. The third kappa shape index (κ3) is 3.94. The maximum Gasteiger partial charge on any atom is 0.326 e. The van der Waals surface area contributed by atoms with Gasteiger partial charge in [0.2, 0.25) is 0 Å². The average molecular weight is 310 g/mol. The first kappa shape index (κ1) is 17.4. The zero-order valence-electron chi connectivity index (χ0n) is 12.5. The SMILES string of the molecule is CC[C@H](C)[C@H](NC(=O)c1ccc(OC)c([N+](=O)[O-])c1)C(=O)O. The van der Waals surface area contributed by atoms with Crippen molar-refractivity contribution in [2.24, 2.45) is 5.92 Å². The van der Waals surface area contributed by atoms with E-state index in [1.165, 1.54) is 19.2 Å². The summed E-state index contributed by atoms with van der Waals surface area (Å²) >= 11 is 0. The van der Waals surface area contributed by atoms with Gasteiger partial charge in [-0.05, 0) is 18.1 Å². The second kappa shape index (κ2) is 7.39. The topological polar surface area (TPSA) is 119 Å². The Labute approximate surface area is 127 Å². The molecule has 0 bridgehead atoms. The molecule has 120 valence electrons. The molecular weight excluding hydrogens is 292 g/mol. The summed E-state index contributed by atoms with van der Waals surface area (Å²) in [4.78, 5) is 33.6. The third-order valence-corrected chi connectivity index (χ3v) is 3.40. The Hall–Kier alpha value is -2.64. The van der Waals surface area contributed by atoms with E-state index in [4.69, 9.17) is 9.84 Å². The van der Waals surface area contributed by atoms with Gasteiger partial charge in [0, 0.05) is 11.6 Å². The molecule has 0 heterocycles. The van der Waals surface area contributed by atoms with Crippen LogP contribution in [0.4, 0.5) is 5.69 Å². The quantitative estimate of drug-likeness (QED) is 0.586. The number of carbonyl (C=O) groups is 2. The minimum Gasteiger partial charge on any atom is -0.490 e. The van der Waals surface area contributed by atoms with Crippen molar-refractivity contribution in [3.05, 3.63) is 33.9 Å². The number of ether oxygens (including phenoxy) is 1. The Bertz CT molecular complexity index is 587. The van der Waals surface area contributed by atoms with Gasteiger partial charge in [0.1, 0.15) is 6.04 Å². The number of benzene rings is 1. The van der Waals surface area contributed by atoms with E-state index in [-0.39, 0.29) is 22.9 Å². The number of hydrogen-bond acceptors (Lipinski definition) is 5. The van der Waals surface area contributed by atoms with Crippen LogP contribution in [0.3, 0.4) is 0 Å². The van der Waals surface area contributed by atoms with E-state index in [0.29, 0.717) is 6.42 Å². The van der Waals surface area contributed by atoms with Crippen molar-refractivity contribution < 1.29 is 24.4 Å². The normalized spacial score (nSPS) is 13.0. The highest BCUT2D eigenvalue weighted by Gasteiger charge is 2.27. The lowest BCUT2D eigenvalue weighted by atomic mass is 9.99. The van der Waals surface area contributed by atoms with Gasteiger partial charge in [-0.1, -0.05) is 20.3 Å². The molecule has 2 atom stereocenters. The number of amides is 1. The van der Waals surface area contributed by atoms with Crippen LogP contribution >= 0.6 is 0 Å². The number of aliphatic carboxylic acids is 1. The fourth-order valence-corrected chi connectivity index (χ4v) is 1.88. The first-order valence-corrected chi connectivity index (χ1v) is 6.67. The highest BCUT2D eigenvalue weighted by atomic mass is 16.6. The molecule has 1 aromatic carbocycles. The summed E-state index contributed by atoms with van der Waals surface area (Å²) in [5.74, 6) is -2.07. The molecule has 0 saturated carbocycles. The first-order chi connectivity index (χ1) is 10.3. The van der Waals surface area contributed by atoms with Crippen LogP contribution in [0.2, 0.25) is 0 Å². The molecule has 0 spiro atoms. The van der Waals surface area contributed by atoms with Crippen LogP contribution in [-0.2, 0) is 4.79 Å². The Morgan fingerprint density at radius 1 is 1.45 bits per heavy atom. The summed E-state index contributed by atoms with van der Waals surface area (Å²) in [6.45, 7) is 3.51. The first-order valence-electron chi connectivity index (χ1n) is 6.67. The van der Waals surface area contributed by atoms with Crippen molar-refractivity contribution in [1.82, 2.24) is 5.32 Å². The van der Waals surface area contributed by atoms with Crippen LogP contribution in [0.15, 0.2) is 18.2 Å². The number of nitrogens with one attached hydrogen (secondary N) is 1. The number of nitro benzene ring substituents is 1. The molecule has 0 aliphatic rings. The summed E-state index contributed by atoms with van der Waals surface area (Å²) in [5, 5.41) is 22.5. The zero-order chi connectivity index (χ0) is 16.9. The maximum atomic E-state index is 12.1. The summed E-state index contributed by atoms with van der Waals surface area (Å²) in [7, 11) is 1.28. The largest absolute Gasteiger partial charge is 0.490 e. The Morgan fingerprint density at radius 3 is 2.55 bits per heavy atom. The second-order valence-corrected chi connectivity index (χ2v) is 4.82. The summed E-state index contributed by atoms with van der Waals surface area (Å²) in [6, 6.07) is 2.64. The fraction of sp³-hybridized carbons (Fsp3) is 0.429. The molecule has 22 heavy (non-hydrogen) atoms. The number of carboxylic acid groups (broad SMARTS) is 1. The van der Waals surface area contributed by atoms with E-state index in [2.05, 4.69) is 5.32 Å². The van der Waals surface area contributed by atoms with Crippen molar-refractivity contribution >= 4 is 17.6 Å². The van der Waals surface area contributed by atoms with Crippen LogP contribution in [0.1, 0.15) is 30.6 Å². The van der Waals surface area contributed by atoms with Gasteiger partial charge >= 0.3 is 11.7 Å². The monoisotopic (exact) mass is 310 g/mol. The summed E-state index contributed by atoms with van der Waals surface area (Å²) < 4.78 is 4.85. The Morgan fingerprint density at radius 2 is 2.09 bits per heavy atom. The predicted molar refractivity (Wildman–Crippen MR) is 78.0 cm³/mol. The molecule has 0 aromatic heterocycles. The van der Waals surface area contributed by atoms with Gasteiger partial charge < -0.3 is 15.2 Å². The molecule has 0 saturated heterocycles. The van der Waals surface area contributed by atoms with Crippen molar-refractivity contribution in [3.63, 3.8) is 0 Å². The number of rotatable bonds is 7. The maximum absolute atomic E-state index is 12.1. The Balaban J connectivity index is 3.05. The lowest BCUT2D eigenvalue weighted by molar-refractivity contribution is -0.385. The van der Waals surface area contributed by atoms with Crippen LogP contribution < -0.4 is 10.1 Å². The van der Waals surface area contributed by atoms with Crippen molar-refractivity contribution in [2.45, 2.75) is 26.3 Å². The molecular formula is C14H18N2O6. The minimum absolute atomic E-state index is 0.00190. The van der Waals surface area contributed by atoms with Gasteiger partial charge in [-0.25, -0.2) is 4.79 Å². The third-order valence-electron chi connectivity index (χ3n) is 3.40. The van der Waals surface area contributed by atoms with E-state index in [1.807, 2.05) is 6.92 Å². The number of carboxylic acids is 1. The number of carbonyl (C=O) groups excluding carboxylic acids is 1.